The van der Waals surface area contributed by atoms with Gasteiger partial charge in [0.2, 0.25) is 17.7 Å². The van der Waals surface area contributed by atoms with Crippen LogP contribution in [0.15, 0.2) is 24.3 Å². The number of nitrogens with one attached hydrogen (secondary N) is 2. The molecule has 110 valence electrons. The minimum Gasteiger partial charge on any atom is -0.481 e. The summed E-state index contributed by atoms with van der Waals surface area (Å²) < 4.78 is 10.3. The van der Waals surface area contributed by atoms with Gasteiger partial charge in [-0.15, -0.1) is 0 Å². The van der Waals surface area contributed by atoms with Crippen molar-refractivity contribution in [2.24, 2.45) is 0 Å². The molecule has 1 aromatic heterocycles. The number of fused-ring (bicyclic) bond motifs is 1. The molecular weight excluding hydrogens is 268 g/mol. The molecule has 0 bridgehead atoms. The molecule has 0 amide bonds. The van der Waals surface area contributed by atoms with Gasteiger partial charge in [0.1, 0.15) is 0 Å². The van der Waals surface area contributed by atoms with E-state index in [0.29, 0.717) is 24.3 Å². The van der Waals surface area contributed by atoms with Gasteiger partial charge in [0.25, 0.3) is 0 Å². The first-order valence-corrected chi connectivity index (χ1v) is 6.81. The molecule has 0 fully saturated rings. The highest BCUT2D eigenvalue weighted by molar-refractivity contribution is 5.38. The van der Waals surface area contributed by atoms with Crippen molar-refractivity contribution in [3.8, 4) is 11.8 Å². The molecule has 1 aliphatic heterocycles. The summed E-state index contributed by atoms with van der Waals surface area (Å²) in [5.41, 5.74) is 3.93. The van der Waals surface area contributed by atoms with Crippen LogP contribution < -0.4 is 20.1 Å². The van der Waals surface area contributed by atoms with Gasteiger partial charge in [0, 0.05) is 19.6 Å². The molecule has 2 N–H and O–H groups in total. The Morgan fingerprint density at radius 3 is 2.48 bits per heavy atom. The summed E-state index contributed by atoms with van der Waals surface area (Å²) >= 11 is 0. The van der Waals surface area contributed by atoms with E-state index in [1.165, 1.54) is 16.7 Å². The quantitative estimate of drug-likeness (QED) is 0.872. The summed E-state index contributed by atoms with van der Waals surface area (Å²) in [5, 5.41) is 6.54. The normalized spacial score (nSPS) is 12.9. The van der Waals surface area contributed by atoms with Crippen molar-refractivity contribution < 1.29 is 9.47 Å². The number of hydrogen-bond donors (Lipinski definition) is 2. The number of benzene rings is 1. The number of ether oxygens (including phenoxy) is 2. The number of anilines is 1. The van der Waals surface area contributed by atoms with Gasteiger partial charge in [-0.25, -0.2) is 0 Å². The number of methoxy groups -OCH3 is 2. The fourth-order valence-corrected chi connectivity index (χ4v) is 2.33. The Balaban J connectivity index is 1.72. The van der Waals surface area contributed by atoms with Crippen molar-refractivity contribution in [3.63, 3.8) is 0 Å². The Hall–Kier alpha value is -2.34. The Morgan fingerprint density at radius 2 is 1.76 bits per heavy atom. The van der Waals surface area contributed by atoms with Crippen LogP contribution in [-0.2, 0) is 19.6 Å². The SMILES string of the molecule is COc1cc(OC)nc(NCc2ccc3c(c2)CNC3)n1. The predicted octanol–water partition coefficient (Wildman–Crippen LogP) is 1.71. The molecule has 0 spiro atoms. The van der Waals surface area contributed by atoms with E-state index in [1.54, 1.807) is 20.3 Å². The van der Waals surface area contributed by atoms with Crippen molar-refractivity contribution in [3.05, 3.63) is 41.0 Å². The Kier molecular flexibility index (Phi) is 3.87. The fraction of sp³-hybridized carbons (Fsp3) is 0.333. The van der Waals surface area contributed by atoms with E-state index in [2.05, 4.69) is 38.8 Å². The number of rotatable bonds is 5. The maximum Gasteiger partial charge on any atom is 0.229 e. The first-order chi connectivity index (χ1) is 10.3. The van der Waals surface area contributed by atoms with E-state index >= 15 is 0 Å². The van der Waals surface area contributed by atoms with Crippen LogP contribution in [0.4, 0.5) is 5.95 Å². The average molecular weight is 286 g/mol. The molecule has 6 heteroatoms. The molecule has 2 heterocycles. The fourth-order valence-electron chi connectivity index (χ4n) is 2.33. The van der Waals surface area contributed by atoms with Crippen LogP contribution in [0.5, 0.6) is 11.8 Å². The second kappa shape index (κ2) is 5.97. The van der Waals surface area contributed by atoms with Crippen molar-refractivity contribution >= 4 is 5.95 Å². The maximum absolute atomic E-state index is 5.13. The number of hydrogen-bond acceptors (Lipinski definition) is 6. The lowest BCUT2D eigenvalue weighted by atomic mass is 10.1. The zero-order chi connectivity index (χ0) is 14.7. The molecule has 2 aromatic rings. The van der Waals surface area contributed by atoms with Gasteiger partial charge in [0.15, 0.2) is 0 Å². The molecule has 0 saturated heterocycles. The van der Waals surface area contributed by atoms with Gasteiger partial charge in [-0.2, -0.15) is 9.97 Å². The first kappa shape index (κ1) is 13.6. The highest BCUT2D eigenvalue weighted by atomic mass is 16.5. The van der Waals surface area contributed by atoms with Crippen LogP contribution in [0.25, 0.3) is 0 Å². The smallest absolute Gasteiger partial charge is 0.229 e. The van der Waals surface area contributed by atoms with Crippen LogP contribution in [0.3, 0.4) is 0 Å². The van der Waals surface area contributed by atoms with E-state index in [0.717, 1.165) is 13.1 Å². The molecule has 1 aliphatic rings. The predicted molar refractivity (Wildman–Crippen MR) is 79.4 cm³/mol. The summed E-state index contributed by atoms with van der Waals surface area (Å²) in [6.07, 6.45) is 0. The molecule has 0 unspecified atom stereocenters. The Bertz CT molecular complexity index is 623. The van der Waals surface area contributed by atoms with E-state index in [-0.39, 0.29) is 0 Å². The van der Waals surface area contributed by atoms with Crippen LogP contribution in [0.1, 0.15) is 16.7 Å². The summed E-state index contributed by atoms with van der Waals surface area (Å²) in [6, 6.07) is 8.14. The molecule has 3 rings (SSSR count). The van der Waals surface area contributed by atoms with Gasteiger partial charge in [0.05, 0.1) is 20.3 Å². The summed E-state index contributed by atoms with van der Waals surface area (Å²) in [4.78, 5) is 8.50. The molecule has 0 saturated carbocycles. The lowest BCUT2D eigenvalue weighted by molar-refractivity contribution is 0.373. The zero-order valence-corrected chi connectivity index (χ0v) is 12.1. The van der Waals surface area contributed by atoms with Gasteiger partial charge < -0.3 is 20.1 Å². The van der Waals surface area contributed by atoms with Crippen molar-refractivity contribution in [2.75, 3.05) is 19.5 Å². The minimum absolute atomic E-state index is 0.475. The highest BCUT2D eigenvalue weighted by Crippen LogP contribution is 2.20. The summed E-state index contributed by atoms with van der Waals surface area (Å²) in [7, 11) is 3.14. The molecule has 0 aliphatic carbocycles. The average Bonchev–Trinajstić information content (AvgIpc) is 3.00. The van der Waals surface area contributed by atoms with Gasteiger partial charge in [-0.05, 0) is 16.7 Å². The van der Waals surface area contributed by atoms with Crippen LogP contribution in [0.2, 0.25) is 0 Å². The van der Waals surface area contributed by atoms with E-state index in [4.69, 9.17) is 9.47 Å². The van der Waals surface area contributed by atoms with E-state index < -0.39 is 0 Å². The first-order valence-electron chi connectivity index (χ1n) is 6.81. The highest BCUT2D eigenvalue weighted by Gasteiger charge is 2.10. The van der Waals surface area contributed by atoms with Gasteiger partial charge in [-0.1, -0.05) is 18.2 Å². The second-order valence-electron chi connectivity index (χ2n) is 4.84. The van der Waals surface area contributed by atoms with Crippen molar-refractivity contribution in [2.45, 2.75) is 19.6 Å². The Labute approximate surface area is 123 Å². The van der Waals surface area contributed by atoms with Gasteiger partial charge >= 0.3 is 0 Å². The molecular formula is C15H18N4O2. The zero-order valence-electron chi connectivity index (χ0n) is 12.1. The number of aromatic nitrogens is 2. The standard InChI is InChI=1S/C15H18N4O2/c1-20-13-6-14(21-2)19-15(18-13)17-7-10-3-4-11-8-16-9-12(11)5-10/h3-6,16H,7-9H2,1-2H3,(H,17,18,19). The molecule has 0 radical (unpaired) electrons. The van der Waals surface area contributed by atoms with Crippen LogP contribution >= 0.6 is 0 Å². The number of nitrogens with zero attached hydrogens (tertiary/aromatic N) is 2. The molecule has 0 atom stereocenters. The van der Waals surface area contributed by atoms with E-state index in [9.17, 15) is 0 Å². The van der Waals surface area contributed by atoms with Crippen LogP contribution in [-0.4, -0.2) is 24.2 Å². The van der Waals surface area contributed by atoms with Crippen LogP contribution in [0, 0.1) is 0 Å². The Morgan fingerprint density at radius 1 is 1.05 bits per heavy atom. The summed E-state index contributed by atoms with van der Waals surface area (Å²) in [5.74, 6) is 1.44. The van der Waals surface area contributed by atoms with E-state index in [1.807, 2.05) is 0 Å². The third-order valence-electron chi connectivity index (χ3n) is 3.45. The topological polar surface area (TPSA) is 68.3 Å². The maximum atomic E-state index is 5.13. The molecule has 6 nitrogen and oxygen atoms in total. The molecule has 1 aromatic carbocycles. The minimum atomic E-state index is 0.475. The second-order valence-corrected chi connectivity index (χ2v) is 4.84. The largest absolute Gasteiger partial charge is 0.481 e. The third kappa shape index (κ3) is 3.05. The van der Waals surface area contributed by atoms with Crippen molar-refractivity contribution in [1.29, 1.82) is 0 Å². The third-order valence-corrected chi connectivity index (χ3v) is 3.45. The van der Waals surface area contributed by atoms with Crippen molar-refractivity contribution in [1.82, 2.24) is 15.3 Å². The van der Waals surface area contributed by atoms with Gasteiger partial charge in [-0.3, -0.25) is 0 Å². The molecule has 21 heavy (non-hydrogen) atoms. The monoisotopic (exact) mass is 286 g/mol. The summed E-state index contributed by atoms with van der Waals surface area (Å²) in [6.45, 7) is 2.55. The lowest BCUT2D eigenvalue weighted by Crippen LogP contribution is -2.06. The lowest BCUT2D eigenvalue weighted by Gasteiger charge is -2.09.